The highest BCUT2D eigenvalue weighted by Gasteiger charge is 2.36. The Balaban J connectivity index is 2.79. The van der Waals surface area contributed by atoms with Crippen molar-refractivity contribution in [3.63, 3.8) is 0 Å². The molecule has 0 aliphatic heterocycles. The van der Waals surface area contributed by atoms with E-state index in [4.69, 9.17) is 5.11 Å². The Morgan fingerprint density at radius 1 is 1.44 bits per heavy atom. The number of rotatable bonds is 1. The standard InChI is InChI=1S/C6H2F3N5O2/c7-6(8,9)3-1-2(4(15)16)10-5-11-12-13-14(3)5/h1H,(H,15,16). The molecule has 0 fully saturated rings. The predicted molar refractivity (Wildman–Crippen MR) is 40.5 cm³/mol. The van der Waals surface area contributed by atoms with Gasteiger partial charge in [-0.1, -0.05) is 5.10 Å². The average molecular weight is 233 g/mol. The minimum Gasteiger partial charge on any atom is -0.477 e. The van der Waals surface area contributed by atoms with Crippen molar-refractivity contribution < 1.29 is 23.1 Å². The summed E-state index contributed by atoms with van der Waals surface area (Å²) in [6.07, 6.45) is -4.76. The van der Waals surface area contributed by atoms with Crippen molar-refractivity contribution in [2.24, 2.45) is 0 Å². The fourth-order valence-corrected chi connectivity index (χ4v) is 1.05. The molecule has 0 bridgehead atoms. The highest BCUT2D eigenvalue weighted by molar-refractivity contribution is 5.85. The highest BCUT2D eigenvalue weighted by atomic mass is 19.4. The Labute approximate surface area is 84.5 Å². The number of hydrogen-bond donors (Lipinski definition) is 1. The lowest BCUT2D eigenvalue weighted by Gasteiger charge is -2.07. The maximum atomic E-state index is 12.5. The van der Waals surface area contributed by atoms with E-state index in [9.17, 15) is 18.0 Å². The lowest BCUT2D eigenvalue weighted by molar-refractivity contribution is -0.142. The largest absolute Gasteiger partial charge is 0.477 e. The normalized spacial score (nSPS) is 11.9. The highest BCUT2D eigenvalue weighted by Crippen LogP contribution is 2.29. The van der Waals surface area contributed by atoms with Crippen molar-refractivity contribution in [3.8, 4) is 0 Å². The second-order valence-electron chi connectivity index (χ2n) is 2.72. The van der Waals surface area contributed by atoms with Gasteiger partial charge < -0.3 is 5.11 Å². The van der Waals surface area contributed by atoms with Gasteiger partial charge in [0.2, 0.25) is 0 Å². The molecule has 0 radical (unpaired) electrons. The number of nitrogens with zero attached hydrogens (tertiary/aromatic N) is 5. The number of carboxylic acids is 1. The molecule has 1 N–H and O–H groups in total. The van der Waals surface area contributed by atoms with Crippen LogP contribution < -0.4 is 0 Å². The van der Waals surface area contributed by atoms with Crippen LogP contribution in [-0.4, -0.2) is 36.1 Å². The van der Waals surface area contributed by atoms with E-state index >= 15 is 0 Å². The van der Waals surface area contributed by atoms with Crippen molar-refractivity contribution in [3.05, 3.63) is 17.5 Å². The first-order chi connectivity index (χ1) is 7.39. The van der Waals surface area contributed by atoms with Crippen LogP contribution in [0.15, 0.2) is 6.07 Å². The summed E-state index contributed by atoms with van der Waals surface area (Å²) in [7, 11) is 0. The summed E-state index contributed by atoms with van der Waals surface area (Å²) in [4.78, 5) is 13.9. The first-order valence-electron chi connectivity index (χ1n) is 3.79. The van der Waals surface area contributed by atoms with Crippen LogP contribution in [0.1, 0.15) is 16.2 Å². The third kappa shape index (κ3) is 1.53. The summed E-state index contributed by atoms with van der Waals surface area (Å²) < 4.78 is 37.8. The van der Waals surface area contributed by atoms with Gasteiger partial charge in [-0.25, -0.2) is 9.78 Å². The van der Waals surface area contributed by atoms with Crippen molar-refractivity contribution in [2.75, 3.05) is 0 Å². The van der Waals surface area contributed by atoms with Crippen molar-refractivity contribution >= 4 is 11.7 Å². The lowest BCUT2D eigenvalue weighted by atomic mass is 10.3. The predicted octanol–water partition coefficient (Wildman–Crippen LogP) is 0.236. The van der Waals surface area contributed by atoms with Crippen LogP contribution in [-0.2, 0) is 6.18 Å². The SMILES string of the molecule is O=C(O)c1cc(C(F)(F)F)n2nnnc2n1. The van der Waals surface area contributed by atoms with Crippen LogP contribution >= 0.6 is 0 Å². The molecule has 0 amide bonds. The fourth-order valence-electron chi connectivity index (χ4n) is 1.05. The van der Waals surface area contributed by atoms with E-state index in [0.29, 0.717) is 10.6 Å². The van der Waals surface area contributed by atoms with Gasteiger partial charge in [-0.2, -0.15) is 17.7 Å². The van der Waals surface area contributed by atoms with Crippen LogP contribution in [0.4, 0.5) is 13.2 Å². The maximum Gasteiger partial charge on any atom is 0.433 e. The summed E-state index contributed by atoms with van der Waals surface area (Å²) in [5.74, 6) is -2.11. The molecule has 10 heteroatoms. The molecule has 2 rings (SSSR count). The third-order valence-electron chi connectivity index (χ3n) is 1.68. The molecule has 0 spiro atoms. The third-order valence-corrected chi connectivity index (χ3v) is 1.68. The van der Waals surface area contributed by atoms with Crippen LogP contribution in [0.25, 0.3) is 5.78 Å². The van der Waals surface area contributed by atoms with Gasteiger partial charge in [0, 0.05) is 6.07 Å². The molecule has 2 aromatic heterocycles. The Bertz CT molecular complexity index is 563. The lowest BCUT2D eigenvalue weighted by Crippen LogP contribution is -2.16. The van der Waals surface area contributed by atoms with Gasteiger partial charge in [0.25, 0.3) is 5.78 Å². The van der Waals surface area contributed by atoms with E-state index in [0.717, 1.165) is 0 Å². The zero-order valence-electron chi connectivity index (χ0n) is 7.30. The van der Waals surface area contributed by atoms with E-state index in [1.54, 1.807) is 0 Å². The second-order valence-corrected chi connectivity index (χ2v) is 2.72. The number of aromatic nitrogens is 5. The second kappa shape index (κ2) is 3.12. The number of carbonyl (C=O) groups is 1. The molecule has 2 heterocycles. The van der Waals surface area contributed by atoms with Gasteiger partial charge in [0.05, 0.1) is 0 Å². The number of hydrogen-bond acceptors (Lipinski definition) is 5. The Hall–Kier alpha value is -2.26. The minimum absolute atomic E-state index is 0.326. The Morgan fingerprint density at radius 2 is 2.12 bits per heavy atom. The molecule has 0 aliphatic rings. The molecule has 7 nitrogen and oxygen atoms in total. The zero-order chi connectivity index (χ0) is 11.9. The summed E-state index contributed by atoms with van der Waals surface area (Å²) >= 11 is 0. The Kier molecular flexibility index (Phi) is 2.00. The zero-order valence-corrected chi connectivity index (χ0v) is 7.30. The fraction of sp³-hybridized carbons (Fsp3) is 0.167. The van der Waals surface area contributed by atoms with Crippen molar-refractivity contribution in [1.82, 2.24) is 25.0 Å². The number of tetrazole rings is 1. The number of aromatic carboxylic acids is 1. The van der Waals surface area contributed by atoms with Gasteiger partial charge >= 0.3 is 12.1 Å². The summed E-state index contributed by atoms with van der Waals surface area (Å²) in [5, 5.41) is 17.8. The molecule has 0 saturated heterocycles. The monoisotopic (exact) mass is 233 g/mol. The summed E-state index contributed by atoms with van der Waals surface area (Å²) in [6.45, 7) is 0. The molecule has 0 aromatic carbocycles. The Morgan fingerprint density at radius 3 is 2.69 bits per heavy atom. The molecule has 16 heavy (non-hydrogen) atoms. The van der Waals surface area contributed by atoms with Crippen molar-refractivity contribution in [1.29, 1.82) is 0 Å². The van der Waals surface area contributed by atoms with Crippen molar-refractivity contribution in [2.45, 2.75) is 6.18 Å². The molecule has 0 atom stereocenters. The van der Waals surface area contributed by atoms with Crippen LogP contribution in [0.2, 0.25) is 0 Å². The van der Waals surface area contributed by atoms with E-state index in [1.165, 1.54) is 0 Å². The maximum absolute atomic E-state index is 12.5. The van der Waals surface area contributed by atoms with E-state index in [-0.39, 0.29) is 0 Å². The number of alkyl halides is 3. The number of halogens is 3. The molecular formula is C6H2F3N5O2. The van der Waals surface area contributed by atoms with E-state index < -0.39 is 29.3 Å². The quantitative estimate of drug-likeness (QED) is 0.758. The van der Waals surface area contributed by atoms with E-state index in [2.05, 4.69) is 20.5 Å². The molecule has 84 valence electrons. The van der Waals surface area contributed by atoms with Crippen LogP contribution in [0, 0.1) is 0 Å². The van der Waals surface area contributed by atoms with Gasteiger partial charge in [-0.15, -0.1) is 0 Å². The first-order valence-corrected chi connectivity index (χ1v) is 3.79. The number of fused-ring (bicyclic) bond motifs is 1. The first kappa shape index (κ1) is 10.3. The topological polar surface area (TPSA) is 93.3 Å². The van der Waals surface area contributed by atoms with E-state index in [1.807, 2.05) is 0 Å². The molecule has 2 aromatic rings. The minimum atomic E-state index is -4.76. The molecular weight excluding hydrogens is 231 g/mol. The van der Waals surface area contributed by atoms with Crippen LogP contribution in [0.3, 0.4) is 0 Å². The number of carboxylic acid groups (broad SMARTS) is 1. The van der Waals surface area contributed by atoms with Gasteiger partial charge in [-0.05, 0) is 10.4 Å². The van der Waals surface area contributed by atoms with Crippen LogP contribution in [0.5, 0.6) is 0 Å². The summed E-state index contributed by atoms with van der Waals surface area (Å²) in [5.41, 5.74) is -2.06. The summed E-state index contributed by atoms with van der Waals surface area (Å²) in [6, 6.07) is 0.367. The molecule has 0 aliphatic carbocycles. The molecule has 0 saturated carbocycles. The van der Waals surface area contributed by atoms with Gasteiger partial charge in [0.1, 0.15) is 0 Å². The average Bonchev–Trinajstić information content (AvgIpc) is 2.61. The van der Waals surface area contributed by atoms with Gasteiger partial charge in [0.15, 0.2) is 11.4 Å². The van der Waals surface area contributed by atoms with Gasteiger partial charge in [-0.3, -0.25) is 0 Å². The smallest absolute Gasteiger partial charge is 0.433 e. The molecule has 0 unspecified atom stereocenters.